The van der Waals surface area contributed by atoms with Crippen LogP contribution < -0.4 is 4.90 Å². The predicted octanol–water partition coefficient (Wildman–Crippen LogP) is 2.60. The van der Waals surface area contributed by atoms with E-state index in [1.54, 1.807) is 29.6 Å². The SMILES string of the molecule is Cc1cnncc1-c1nc(N2CCCC(Cc3ccc(Cl)nc3)C2=O)n[nH]1. The number of hydrogen-bond acceptors (Lipinski definition) is 6. The number of aromatic amines is 1. The fourth-order valence-electron chi connectivity index (χ4n) is 3.27. The third-order valence-corrected chi connectivity index (χ3v) is 4.94. The minimum atomic E-state index is -0.118. The molecule has 138 valence electrons. The lowest BCUT2D eigenvalue weighted by molar-refractivity contribution is -0.123. The van der Waals surface area contributed by atoms with E-state index in [2.05, 4.69) is 30.4 Å². The summed E-state index contributed by atoms with van der Waals surface area (Å²) in [6.45, 7) is 2.54. The van der Waals surface area contributed by atoms with Crippen LogP contribution in [0.15, 0.2) is 30.7 Å². The van der Waals surface area contributed by atoms with Gasteiger partial charge in [-0.1, -0.05) is 17.7 Å². The van der Waals surface area contributed by atoms with Crippen LogP contribution in [-0.4, -0.2) is 42.8 Å². The van der Waals surface area contributed by atoms with Gasteiger partial charge in [-0.25, -0.2) is 4.98 Å². The number of amides is 1. The number of rotatable bonds is 4. The molecule has 0 spiro atoms. The Kier molecular flexibility index (Phi) is 4.81. The van der Waals surface area contributed by atoms with Gasteiger partial charge < -0.3 is 0 Å². The number of nitrogens with zero attached hydrogens (tertiary/aromatic N) is 6. The summed E-state index contributed by atoms with van der Waals surface area (Å²) >= 11 is 5.84. The molecule has 0 aliphatic carbocycles. The summed E-state index contributed by atoms with van der Waals surface area (Å²) in [5.74, 6) is 0.888. The average Bonchev–Trinajstić information content (AvgIpc) is 3.15. The Morgan fingerprint density at radius 2 is 2.11 bits per heavy atom. The van der Waals surface area contributed by atoms with Crippen LogP contribution in [0, 0.1) is 12.8 Å². The lowest BCUT2D eigenvalue weighted by Crippen LogP contribution is -2.42. The highest BCUT2D eigenvalue weighted by atomic mass is 35.5. The number of H-pyrrole nitrogens is 1. The molecule has 1 fully saturated rings. The maximum atomic E-state index is 13.0. The van der Waals surface area contributed by atoms with Crippen molar-refractivity contribution in [3.05, 3.63) is 47.0 Å². The van der Waals surface area contributed by atoms with Gasteiger partial charge in [0.25, 0.3) is 5.95 Å². The van der Waals surface area contributed by atoms with E-state index in [4.69, 9.17) is 11.6 Å². The summed E-state index contributed by atoms with van der Waals surface area (Å²) in [4.78, 5) is 23.2. The minimum Gasteiger partial charge on any atom is -0.279 e. The molecule has 1 saturated heterocycles. The first-order valence-electron chi connectivity index (χ1n) is 8.73. The van der Waals surface area contributed by atoms with Gasteiger partial charge in [0.2, 0.25) is 5.91 Å². The second kappa shape index (κ2) is 7.40. The van der Waals surface area contributed by atoms with E-state index >= 15 is 0 Å². The summed E-state index contributed by atoms with van der Waals surface area (Å²) < 4.78 is 0. The van der Waals surface area contributed by atoms with Gasteiger partial charge >= 0.3 is 0 Å². The van der Waals surface area contributed by atoms with Crippen LogP contribution in [0.2, 0.25) is 5.15 Å². The largest absolute Gasteiger partial charge is 0.279 e. The topological polar surface area (TPSA) is 101 Å². The number of carbonyl (C=O) groups is 1. The first kappa shape index (κ1) is 17.5. The molecule has 0 aromatic carbocycles. The first-order valence-corrected chi connectivity index (χ1v) is 9.11. The lowest BCUT2D eigenvalue weighted by atomic mass is 9.91. The van der Waals surface area contributed by atoms with E-state index in [0.29, 0.717) is 29.9 Å². The zero-order valence-electron chi connectivity index (χ0n) is 14.8. The van der Waals surface area contributed by atoms with Crippen molar-refractivity contribution in [3.63, 3.8) is 0 Å². The number of piperidine rings is 1. The minimum absolute atomic E-state index is 0.0336. The number of carbonyl (C=O) groups excluding carboxylic acids is 1. The van der Waals surface area contributed by atoms with Crippen LogP contribution in [-0.2, 0) is 11.2 Å². The quantitative estimate of drug-likeness (QED) is 0.695. The number of anilines is 1. The van der Waals surface area contributed by atoms with Crippen LogP contribution in [0.4, 0.5) is 5.95 Å². The summed E-state index contributed by atoms with van der Waals surface area (Å²) in [5.41, 5.74) is 2.75. The van der Waals surface area contributed by atoms with Crippen molar-refractivity contribution in [2.75, 3.05) is 11.4 Å². The Morgan fingerprint density at radius 3 is 2.89 bits per heavy atom. The molecule has 27 heavy (non-hydrogen) atoms. The highest BCUT2D eigenvalue weighted by Crippen LogP contribution is 2.26. The number of aryl methyl sites for hydroxylation is 1. The molecule has 1 amide bonds. The molecule has 3 aromatic heterocycles. The van der Waals surface area contributed by atoms with Gasteiger partial charge in [-0.2, -0.15) is 15.2 Å². The maximum absolute atomic E-state index is 13.0. The van der Waals surface area contributed by atoms with Gasteiger partial charge in [-0.15, -0.1) is 5.10 Å². The van der Waals surface area contributed by atoms with E-state index < -0.39 is 0 Å². The molecule has 0 bridgehead atoms. The molecule has 9 heteroatoms. The molecule has 1 aliphatic rings. The normalized spacial score (nSPS) is 17.3. The molecule has 1 atom stereocenters. The van der Waals surface area contributed by atoms with Crippen LogP contribution >= 0.6 is 11.6 Å². The fourth-order valence-corrected chi connectivity index (χ4v) is 3.39. The molecular weight excluding hydrogens is 366 g/mol. The monoisotopic (exact) mass is 383 g/mol. The van der Waals surface area contributed by atoms with Crippen LogP contribution in [0.1, 0.15) is 24.0 Å². The standard InChI is InChI=1S/C18H18ClN7O/c1-11-8-21-22-10-14(11)16-23-18(25-24-16)26-6-2-3-13(17(26)27)7-12-4-5-15(19)20-9-12/h4-5,8-10,13H,2-3,6-7H2,1H3,(H,23,24,25). The summed E-state index contributed by atoms with van der Waals surface area (Å²) in [7, 11) is 0. The Bertz CT molecular complexity index is 956. The molecular formula is C18H18ClN7O. The summed E-state index contributed by atoms with van der Waals surface area (Å²) in [6.07, 6.45) is 7.39. The van der Waals surface area contributed by atoms with Crippen molar-refractivity contribution in [1.29, 1.82) is 0 Å². The number of aromatic nitrogens is 6. The fraction of sp³-hybridized carbons (Fsp3) is 0.333. The van der Waals surface area contributed by atoms with Crippen LogP contribution in [0.25, 0.3) is 11.4 Å². The highest BCUT2D eigenvalue weighted by molar-refractivity contribution is 6.29. The predicted molar refractivity (Wildman–Crippen MR) is 100 cm³/mol. The molecule has 0 saturated carbocycles. The van der Waals surface area contributed by atoms with Crippen molar-refractivity contribution < 1.29 is 4.79 Å². The Labute approximate surface area is 161 Å². The van der Waals surface area contributed by atoms with Crippen molar-refractivity contribution in [3.8, 4) is 11.4 Å². The maximum Gasteiger partial charge on any atom is 0.251 e. The molecule has 1 N–H and O–H groups in total. The van der Waals surface area contributed by atoms with Crippen molar-refractivity contribution in [2.24, 2.45) is 5.92 Å². The Morgan fingerprint density at radius 1 is 1.26 bits per heavy atom. The smallest absolute Gasteiger partial charge is 0.251 e. The van der Waals surface area contributed by atoms with Gasteiger partial charge in [0, 0.05) is 24.2 Å². The molecule has 4 heterocycles. The molecule has 1 unspecified atom stereocenters. The zero-order valence-corrected chi connectivity index (χ0v) is 15.5. The van der Waals surface area contributed by atoms with E-state index in [0.717, 1.165) is 29.5 Å². The first-order chi connectivity index (χ1) is 13.1. The van der Waals surface area contributed by atoms with Crippen LogP contribution in [0.5, 0.6) is 0 Å². The lowest BCUT2D eigenvalue weighted by Gasteiger charge is -2.29. The molecule has 4 rings (SSSR count). The van der Waals surface area contributed by atoms with Gasteiger partial charge in [-0.05, 0) is 43.4 Å². The van der Waals surface area contributed by atoms with E-state index in [-0.39, 0.29) is 11.8 Å². The second-order valence-corrected chi connectivity index (χ2v) is 6.98. The molecule has 1 aliphatic heterocycles. The van der Waals surface area contributed by atoms with Crippen molar-refractivity contribution in [2.45, 2.75) is 26.2 Å². The van der Waals surface area contributed by atoms with Crippen molar-refractivity contribution >= 4 is 23.5 Å². The third-order valence-electron chi connectivity index (χ3n) is 4.72. The van der Waals surface area contributed by atoms with Gasteiger partial charge in [0.15, 0.2) is 5.82 Å². The third kappa shape index (κ3) is 3.66. The highest BCUT2D eigenvalue weighted by Gasteiger charge is 2.32. The van der Waals surface area contributed by atoms with E-state index in [1.165, 1.54) is 0 Å². The molecule has 3 aromatic rings. The second-order valence-electron chi connectivity index (χ2n) is 6.59. The van der Waals surface area contributed by atoms with Gasteiger partial charge in [0.1, 0.15) is 5.15 Å². The molecule has 8 nitrogen and oxygen atoms in total. The van der Waals surface area contributed by atoms with Gasteiger partial charge in [-0.3, -0.25) is 14.8 Å². The van der Waals surface area contributed by atoms with E-state index in [9.17, 15) is 4.79 Å². The Balaban J connectivity index is 1.53. The summed E-state index contributed by atoms with van der Waals surface area (Å²) in [6, 6.07) is 3.65. The number of hydrogen-bond donors (Lipinski definition) is 1. The Hall–Kier alpha value is -2.87. The average molecular weight is 384 g/mol. The van der Waals surface area contributed by atoms with Gasteiger partial charge in [0.05, 0.1) is 12.4 Å². The molecule has 0 radical (unpaired) electrons. The number of pyridine rings is 1. The zero-order chi connectivity index (χ0) is 18.8. The van der Waals surface area contributed by atoms with Crippen LogP contribution in [0.3, 0.4) is 0 Å². The van der Waals surface area contributed by atoms with Crippen molar-refractivity contribution in [1.82, 2.24) is 30.4 Å². The number of halogens is 1. The summed E-state index contributed by atoms with van der Waals surface area (Å²) in [5, 5.41) is 15.3. The van der Waals surface area contributed by atoms with E-state index in [1.807, 2.05) is 13.0 Å². The number of nitrogens with one attached hydrogen (secondary N) is 1.